The Morgan fingerprint density at radius 3 is 2.76 bits per heavy atom. The number of thioether (sulfide) groups is 1. The van der Waals surface area contributed by atoms with Crippen LogP contribution in [0.1, 0.15) is 46.5 Å². The second-order valence-electron chi connectivity index (χ2n) is 10.9. The number of carbonyl (C=O) groups excluding carboxylic acids is 1. The summed E-state index contributed by atoms with van der Waals surface area (Å²) in [6.07, 6.45) is 3.36. The highest BCUT2D eigenvalue weighted by Gasteiger charge is 2.49. The smallest absolute Gasteiger partial charge is 0.240 e. The summed E-state index contributed by atoms with van der Waals surface area (Å²) >= 11 is 1.42. The summed E-state index contributed by atoms with van der Waals surface area (Å²) in [7, 11) is 0. The molecule has 3 saturated heterocycles. The third-order valence-corrected chi connectivity index (χ3v) is 8.98. The molecular formula is C25H42N2O6S. The molecule has 0 spiro atoms. The topological polar surface area (TPSA) is 120 Å². The van der Waals surface area contributed by atoms with Gasteiger partial charge in [0, 0.05) is 13.2 Å². The summed E-state index contributed by atoms with van der Waals surface area (Å²) in [5.41, 5.74) is -0.654. The van der Waals surface area contributed by atoms with E-state index in [-0.39, 0.29) is 17.9 Å². The van der Waals surface area contributed by atoms with Crippen LogP contribution >= 0.6 is 11.8 Å². The van der Waals surface area contributed by atoms with E-state index in [1.807, 2.05) is 13.0 Å². The van der Waals surface area contributed by atoms with Crippen molar-refractivity contribution in [3.8, 4) is 0 Å². The molecule has 3 fully saturated rings. The summed E-state index contributed by atoms with van der Waals surface area (Å²) in [6.45, 7) is 7.90. The number of fused-ring (bicyclic) bond motifs is 3. The quantitative estimate of drug-likeness (QED) is 0.365. The minimum Gasteiger partial charge on any atom is -0.388 e. The van der Waals surface area contributed by atoms with Gasteiger partial charge in [-0.05, 0) is 55.1 Å². The van der Waals surface area contributed by atoms with Crippen LogP contribution in [0.15, 0.2) is 12.2 Å². The van der Waals surface area contributed by atoms with Gasteiger partial charge in [-0.3, -0.25) is 4.79 Å². The van der Waals surface area contributed by atoms with E-state index in [2.05, 4.69) is 30.6 Å². The molecule has 0 aromatic heterocycles. The van der Waals surface area contributed by atoms with Crippen LogP contribution in [0.5, 0.6) is 0 Å². The van der Waals surface area contributed by atoms with Gasteiger partial charge in [-0.25, -0.2) is 0 Å². The lowest BCUT2D eigenvalue weighted by Crippen LogP contribution is -2.65. The number of ether oxygens (including phenoxy) is 2. The van der Waals surface area contributed by atoms with Gasteiger partial charge in [0.2, 0.25) is 5.91 Å². The van der Waals surface area contributed by atoms with Crippen LogP contribution in [0.4, 0.5) is 0 Å². The number of amides is 1. The van der Waals surface area contributed by atoms with Crippen molar-refractivity contribution in [3.05, 3.63) is 12.2 Å². The molecule has 4 aliphatic heterocycles. The minimum absolute atomic E-state index is 0.127. The molecule has 194 valence electrons. The molecule has 0 aromatic carbocycles. The van der Waals surface area contributed by atoms with Crippen LogP contribution in [0.25, 0.3) is 0 Å². The van der Waals surface area contributed by atoms with E-state index in [1.165, 1.54) is 18.2 Å². The first-order chi connectivity index (χ1) is 16.3. The van der Waals surface area contributed by atoms with Gasteiger partial charge in [-0.2, -0.15) is 0 Å². The lowest BCUT2D eigenvalue weighted by Gasteiger charge is -2.45. The lowest BCUT2D eigenvalue weighted by molar-refractivity contribution is -0.207. The number of aliphatic hydroxyl groups is 3. The highest BCUT2D eigenvalue weighted by atomic mass is 32.2. The van der Waals surface area contributed by atoms with E-state index in [0.717, 1.165) is 31.6 Å². The van der Waals surface area contributed by atoms with E-state index in [0.29, 0.717) is 24.4 Å². The molecule has 0 aromatic rings. The van der Waals surface area contributed by atoms with Gasteiger partial charge in [0.1, 0.15) is 35.9 Å². The Bertz CT molecular complexity index is 724. The molecule has 0 unspecified atom stereocenters. The molecular weight excluding hydrogens is 456 g/mol. The third kappa shape index (κ3) is 5.82. The maximum absolute atomic E-state index is 13.5. The average molecular weight is 499 g/mol. The molecule has 0 radical (unpaired) electrons. The number of hydrogen-bond acceptors (Lipinski definition) is 8. The molecule has 4 heterocycles. The van der Waals surface area contributed by atoms with Gasteiger partial charge in [0.05, 0.1) is 12.1 Å². The van der Waals surface area contributed by atoms with Gasteiger partial charge in [0.25, 0.3) is 0 Å². The van der Waals surface area contributed by atoms with Crippen LogP contribution in [-0.4, -0.2) is 88.2 Å². The fourth-order valence-corrected chi connectivity index (χ4v) is 7.10. The van der Waals surface area contributed by atoms with Gasteiger partial charge in [0.15, 0.2) is 0 Å². The molecule has 2 bridgehead atoms. The second kappa shape index (κ2) is 11.6. The summed E-state index contributed by atoms with van der Waals surface area (Å²) in [5, 5.41) is 38.2. The van der Waals surface area contributed by atoms with Crippen molar-refractivity contribution in [2.75, 3.05) is 18.9 Å². The zero-order valence-corrected chi connectivity index (χ0v) is 21.3. The van der Waals surface area contributed by atoms with Crippen LogP contribution in [0.3, 0.4) is 0 Å². The van der Waals surface area contributed by atoms with Gasteiger partial charge in [-0.15, -0.1) is 11.8 Å². The fourth-order valence-electron chi connectivity index (χ4n) is 6.03. The number of allylic oxidation sites excluding steroid dienone is 1. The van der Waals surface area contributed by atoms with Crippen molar-refractivity contribution >= 4 is 17.7 Å². The third-order valence-electron chi connectivity index (χ3n) is 7.79. The summed E-state index contributed by atoms with van der Waals surface area (Å²) < 4.78 is 12.3. The number of nitrogens with one attached hydrogen (secondary N) is 2. The van der Waals surface area contributed by atoms with Crippen molar-refractivity contribution < 1.29 is 29.6 Å². The van der Waals surface area contributed by atoms with Gasteiger partial charge in [-0.1, -0.05) is 32.9 Å². The molecule has 4 aliphatic rings. The van der Waals surface area contributed by atoms with Gasteiger partial charge < -0.3 is 35.4 Å². The Morgan fingerprint density at radius 2 is 2.00 bits per heavy atom. The Balaban J connectivity index is 1.48. The largest absolute Gasteiger partial charge is 0.388 e. The molecule has 34 heavy (non-hydrogen) atoms. The molecule has 8 nitrogen and oxygen atoms in total. The maximum atomic E-state index is 13.5. The number of rotatable bonds is 4. The summed E-state index contributed by atoms with van der Waals surface area (Å²) in [6, 6.07) is -1.02. The SMILES string of the molecule is CC(C)C[C@@H]1CCO[C@@H]2[C@H](CN[C@@H]2C(=O)N[C@H]2[C@H]3O[C@H](SCC/C=C/[C@@H]2C)[C@H](O)[C@@H](O)[C@H]3O)C1. The summed E-state index contributed by atoms with van der Waals surface area (Å²) in [5.74, 6) is 2.01. The van der Waals surface area contributed by atoms with Gasteiger partial charge >= 0.3 is 0 Å². The molecule has 9 heteroatoms. The predicted octanol–water partition coefficient (Wildman–Crippen LogP) is 1.04. The first-order valence-electron chi connectivity index (χ1n) is 12.9. The standard InChI is InChI=1S/C25H42N2O6S/c1-13(2)10-15-7-8-32-22-16(11-15)12-26-18(22)24(31)27-17-14(3)6-4-5-9-34-25-21(30)19(28)20(29)23(17)33-25/h4,6,13-23,25-26,28-30H,5,7-12H2,1-3H3,(H,27,31)/b6-4+/t14-,15-,16-,17+,18-,19-,20+,21+,22+,23+,25+/m0/s1. The van der Waals surface area contributed by atoms with E-state index in [1.54, 1.807) is 0 Å². The highest BCUT2D eigenvalue weighted by Crippen LogP contribution is 2.35. The minimum atomic E-state index is -1.33. The first kappa shape index (κ1) is 26.4. The number of carbonyl (C=O) groups is 1. The predicted molar refractivity (Wildman–Crippen MR) is 131 cm³/mol. The Labute approximate surface area is 207 Å². The molecule has 4 rings (SSSR count). The zero-order valence-electron chi connectivity index (χ0n) is 20.5. The van der Waals surface area contributed by atoms with E-state index in [9.17, 15) is 20.1 Å². The van der Waals surface area contributed by atoms with Crippen LogP contribution in [-0.2, 0) is 14.3 Å². The Kier molecular flexibility index (Phi) is 8.99. The summed E-state index contributed by atoms with van der Waals surface area (Å²) in [4.78, 5) is 13.5. The lowest BCUT2D eigenvalue weighted by atomic mass is 9.85. The Morgan fingerprint density at radius 1 is 1.21 bits per heavy atom. The van der Waals surface area contributed by atoms with Crippen molar-refractivity contribution in [2.24, 2.45) is 23.7 Å². The van der Waals surface area contributed by atoms with E-state index >= 15 is 0 Å². The molecule has 0 aliphatic carbocycles. The number of aliphatic hydroxyl groups excluding tert-OH is 3. The molecule has 11 atom stereocenters. The van der Waals surface area contributed by atoms with Crippen molar-refractivity contribution in [1.29, 1.82) is 0 Å². The zero-order chi connectivity index (χ0) is 24.4. The van der Waals surface area contributed by atoms with Crippen LogP contribution < -0.4 is 10.6 Å². The normalized spacial score (nSPS) is 46.4. The Hall–Kier alpha value is -0.680. The molecule has 5 N–H and O–H groups in total. The fraction of sp³-hybridized carbons (Fsp3) is 0.880. The monoisotopic (exact) mass is 498 g/mol. The number of hydrogen-bond donors (Lipinski definition) is 5. The van der Waals surface area contributed by atoms with Crippen LogP contribution in [0, 0.1) is 23.7 Å². The molecule has 0 saturated carbocycles. The second-order valence-corrected chi connectivity index (χ2v) is 12.1. The van der Waals surface area contributed by atoms with Crippen molar-refractivity contribution in [1.82, 2.24) is 10.6 Å². The van der Waals surface area contributed by atoms with Crippen molar-refractivity contribution in [3.63, 3.8) is 0 Å². The first-order valence-corrected chi connectivity index (χ1v) is 13.9. The maximum Gasteiger partial charge on any atom is 0.240 e. The highest BCUT2D eigenvalue weighted by molar-refractivity contribution is 7.99. The van der Waals surface area contributed by atoms with Crippen LogP contribution in [0.2, 0.25) is 0 Å². The van der Waals surface area contributed by atoms with E-state index in [4.69, 9.17) is 9.47 Å². The average Bonchev–Trinajstić information content (AvgIpc) is 3.08. The van der Waals surface area contributed by atoms with Crippen molar-refractivity contribution in [2.45, 2.75) is 94.5 Å². The van der Waals surface area contributed by atoms with E-state index < -0.39 is 41.9 Å². The molecule has 1 amide bonds.